The number of hydrogen-bond acceptors (Lipinski definition) is 7. The standard InChI is InChI=1S/C21H26ClFN6O3/c1-3-28-19-11(9-25-20(27-19)26-13-6-4-12(24)5-7-13)10-29(21(28)31)18-16(22)15(32-2)8-14(30)17(18)23/h8-9,12-13,30H,3-7,10,24H2,1-2H3,(H,25,26,27). The monoisotopic (exact) mass is 464 g/mol. The van der Waals surface area contributed by atoms with Crippen LogP contribution in [0.3, 0.4) is 0 Å². The van der Waals surface area contributed by atoms with Crippen molar-refractivity contribution in [1.29, 1.82) is 0 Å². The van der Waals surface area contributed by atoms with Gasteiger partial charge in [-0.2, -0.15) is 4.98 Å². The fraction of sp³-hybridized carbons (Fsp3) is 0.476. The summed E-state index contributed by atoms with van der Waals surface area (Å²) in [4.78, 5) is 24.8. The number of urea groups is 1. The van der Waals surface area contributed by atoms with Crippen molar-refractivity contribution < 1.29 is 19.0 Å². The van der Waals surface area contributed by atoms with E-state index >= 15 is 0 Å². The Morgan fingerprint density at radius 1 is 1.38 bits per heavy atom. The second kappa shape index (κ2) is 8.95. The minimum Gasteiger partial charge on any atom is -0.505 e. The maximum atomic E-state index is 14.8. The molecule has 0 spiro atoms. The highest BCUT2D eigenvalue weighted by Gasteiger charge is 2.36. The van der Waals surface area contributed by atoms with Crippen LogP contribution in [-0.4, -0.2) is 46.8 Å². The molecule has 2 heterocycles. The fourth-order valence-electron chi connectivity index (χ4n) is 4.16. The lowest BCUT2D eigenvalue weighted by Crippen LogP contribution is -2.48. The van der Waals surface area contributed by atoms with E-state index in [1.807, 2.05) is 0 Å². The van der Waals surface area contributed by atoms with Crippen molar-refractivity contribution in [3.63, 3.8) is 0 Å². The molecule has 0 bridgehead atoms. The molecule has 0 unspecified atom stereocenters. The van der Waals surface area contributed by atoms with E-state index in [0.717, 1.165) is 36.6 Å². The van der Waals surface area contributed by atoms with Crippen LogP contribution in [0.15, 0.2) is 12.3 Å². The number of carbonyl (C=O) groups excluding carboxylic acids is 1. The minimum absolute atomic E-state index is 0.00746. The van der Waals surface area contributed by atoms with E-state index in [0.29, 0.717) is 23.9 Å². The quantitative estimate of drug-likeness (QED) is 0.618. The second-order valence-electron chi connectivity index (χ2n) is 7.99. The molecule has 1 aliphatic heterocycles. The number of amides is 2. The molecule has 0 radical (unpaired) electrons. The summed E-state index contributed by atoms with van der Waals surface area (Å²) in [5.41, 5.74) is 6.35. The normalized spacial score (nSPS) is 20.8. The first-order valence-corrected chi connectivity index (χ1v) is 10.9. The van der Waals surface area contributed by atoms with Gasteiger partial charge < -0.3 is 20.9 Å². The van der Waals surface area contributed by atoms with Gasteiger partial charge in [0, 0.05) is 36.5 Å². The Hall–Kier alpha value is -2.85. The SMILES string of the molecule is CCN1C(=O)N(c2c(F)c(O)cc(OC)c2Cl)Cc2cnc(NC3CCC(N)CC3)nc21. The molecule has 1 saturated carbocycles. The Kier molecular flexibility index (Phi) is 6.25. The van der Waals surface area contributed by atoms with Crippen molar-refractivity contribution >= 4 is 35.1 Å². The second-order valence-corrected chi connectivity index (χ2v) is 8.36. The molecule has 1 fully saturated rings. The number of rotatable bonds is 5. The van der Waals surface area contributed by atoms with Crippen LogP contribution in [0.2, 0.25) is 5.02 Å². The fourth-order valence-corrected chi connectivity index (χ4v) is 4.48. The summed E-state index contributed by atoms with van der Waals surface area (Å²) in [6, 6.07) is 1.02. The van der Waals surface area contributed by atoms with Crippen LogP contribution in [0.5, 0.6) is 11.5 Å². The molecule has 2 aliphatic rings. The number of nitrogens with one attached hydrogen (secondary N) is 1. The number of halogens is 2. The molecule has 4 N–H and O–H groups in total. The van der Waals surface area contributed by atoms with Crippen molar-refractivity contribution in [3.05, 3.63) is 28.7 Å². The summed E-state index contributed by atoms with van der Waals surface area (Å²) in [6.07, 6.45) is 5.37. The number of carbonyl (C=O) groups is 1. The summed E-state index contributed by atoms with van der Waals surface area (Å²) in [5, 5.41) is 13.2. The Morgan fingerprint density at radius 2 is 2.09 bits per heavy atom. The van der Waals surface area contributed by atoms with Crippen LogP contribution >= 0.6 is 11.6 Å². The molecular weight excluding hydrogens is 439 g/mol. The predicted molar refractivity (Wildman–Crippen MR) is 120 cm³/mol. The lowest BCUT2D eigenvalue weighted by atomic mass is 9.92. The number of methoxy groups -OCH3 is 1. The van der Waals surface area contributed by atoms with E-state index in [9.17, 15) is 14.3 Å². The van der Waals surface area contributed by atoms with Crippen molar-refractivity contribution in [1.82, 2.24) is 9.97 Å². The average Bonchev–Trinajstić information content (AvgIpc) is 2.78. The van der Waals surface area contributed by atoms with Crippen LogP contribution < -0.4 is 25.6 Å². The number of aromatic hydroxyl groups is 1. The number of phenolic OH excluding ortho intramolecular Hbond substituents is 1. The van der Waals surface area contributed by atoms with Gasteiger partial charge in [-0.05, 0) is 32.6 Å². The van der Waals surface area contributed by atoms with Gasteiger partial charge in [-0.3, -0.25) is 9.80 Å². The molecule has 32 heavy (non-hydrogen) atoms. The molecule has 9 nitrogen and oxygen atoms in total. The maximum absolute atomic E-state index is 14.8. The topological polar surface area (TPSA) is 117 Å². The van der Waals surface area contributed by atoms with E-state index in [1.165, 1.54) is 12.0 Å². The molecule has 1 aliphatic carbocycles. The lowest BCUT2D eigenvalue weighted by Gasteiger charge is -2.36. The number of anilines is 3. The van der Waals surface area contributed by atoms with Crippen LogP contribution in [-0.2, 0) is 6.54 Å². The lowest BCUT2D eigenvalue weighted by molar-refractivity contribution is 0.250. The number of phenols is 1. The summed E-state index contributed by atoms with van der Waals surface area (Å²) >= 11 is 6.31. The van der Waals surface area contributed by atoms with Crippen molar-refractivity contribution in [2.24, 2.45) is 5.73 Å². The Balaban J connectivity index is 1.67. The van der Waals surface area contributed by atoms with Gasteiger partial charge in [0.05, 0.1) is 13.7 Å². The van der Waals surface area contributed by atoms with Gasteiger partial charge in [-0.1, -0.05) is 11.6 Å². The number of nitrogens with zero attached hydrogens (tertiary/aromatic N) is 4. The zero-order valence-corrected chi connectivity index (χ0v) is 18.7. The van der Waals surface area contributed by atoms with Crippen molar-refractivity contribution in [2.75, 3.05) is 28.8 Å². The number of ether oxygens (including phenoxy) is 1. The van der Waals surface area contributed by atoms with Gasteiger partial charge in [-0.25, -0.2) is 14.2 Å². The first kappa shape index (κ1) is 22.3. The number of aromatic nitrogens is 2. The van der Waals surface area contributed by atoms with Gasteiger partial charge in [-0.15, -0.1) is 0 Å². The molecule has 172 valence electrons. The smallest absolute Gasteiger partial charge is 0.330 e. The summed E-state index contributed by atoms with van der Waals surface area (Å²) < 4.78 is 20.0. The van der Waals surface area contributed by atoms with Gasteiger partial charge in [0.2, 0.25) is 5.95 Å². The summed E-state index contributed by atoms with van der Waals surface area (Å²) in [6.45, 7) is 2.09. The van der Waals surface area contributed by atoms with Crippen molar-refractivity contribution in [3.8, 4) is 11.5 Å². The average molecular weight is 465 g/mol. The maximum Gasteiger partial charge on any atom is 0.330 e. The molecule has 1 aromatic carbocycles. The van der Waals surface area contributed by atoms with Crippen LogP contribution in [0.1, 0.15) is 38.2 Å². The highest BCUT2D eigenvalue weighted by molar-refractivity contribution is 6.35. The minimum atomic E-state index is -1.00. The van der Waals surface area contributed by atoms with E-state index in [2.05, 4.69) is 15.3 Å². The van der Waals surface area contributed by atoms with Crippen molar-refractivity contribution in [2.45, 2.75) is 51.2 Å². The highest BCUT2D eigenvalue weighted by atomic mass is 35.5. The molecular formula is C21H26ClFN6O3. The molecule has 0 atom stereocenters. The summed E-state index contributed by atoms with van der Waals surface area (Å²) in [7, 11) is 1.34. The van der Waals surface area contributed by atoms with Gasteiger partial charge >= 0.3 is 6.03 Å². The van der Waals surface area contributed by atoms with E-state index in [4.69, 9.17) is 22.1 Å². The molecule has 0 saturated heterocycles. The third kappa shape index (κ3) is 4.00. The van der Waals surface area contributed by atoms with Gasteiger partial charge in [0.25, 0.3) is 0 Å². The largest absolute Gasteiger partial charge is 0.505 e. The third-order valence-electron chi connectivity index (χ3n) is 5.92. The predicted octanol–water partition coefficient (Wildman–Crippen LogP) is 3.63. The zero-order chi connectivity index (χ0) is 23.0. The number of hydrogen-bond donors (Lipinski definition) is 3. The number of fused-ring (bicyclic) bond motifs is 1. The Morgan fingerprint density at radius 3 is 2.75 bits per heavy atom. The van der Waals surface area contributed by atoms with E-state index in [-0.39, 0.29) is 35.1 Å². The molecule has 4 rings (SSSR count). The molecule has 1 aromatic heterocycles. The van der Waals surface area contributed by atoms with Crippen LogP contribution in [0.25, 0.3) is 0 Å². The Bertz CT molecular complexity index is 1030. The molecule has 2 aromatic rings. The van der Waals surface area contributed by atoms with E-state index < -0.39 is 17.6 Å². The third-order valence-corrected chi connectivity index (χ3v) is 6.29. The molecule has 2 amide bonds. The zero-order valence-electron chi connectivity index (χ0n) is 17.9. The first-order valence-electron chi connectivity index (χ1n) is 10.6. The molecule has 11 heteroatoms. The summed E-state index contributed by atoms with van der Waals surface area (Å²) in [5.74, 6) is -0.705. The number of nitrogens with two attached hydrogens (primary N) is 1. The van der Waals surface area contributed by atoms with Gasteiger partial charge in [0.15, 0.2) is 11.6 Å². The number of benzene rings is 1. The van der Waals surface area contributed by atoms with Crippen LogP contribution in [0, 0.1) is 5.82 Å². The van der Waals surface area contributed by atoms with Crippen LogP contribution in [0.4, 0.5) is 26.6 Å². The van der Waals surface area contributed by atoms with E-state index in [1.54, 1.807) is 13.1 Å². The first-order chi connectivity index (χ1) is 15.3. The van der Waals surface area contributed by atoms with Gasteiger partial charge in [0.1, 0.15) is 22.3 Å². The Labute approximate surface area is 190 Å². The highest BCUT2D eigenvalue weighted by Crippen LogP contribution is 2.44.